The molecule has 0 heterocycles. The van der Waals surface area contributed by atoms with E-state index in [1.807, 2.05) is 140 Å². The average Bonchev–Trinajstić information content (AvgIpc) is 3.56. The van der Waals surface area contributed by atoms with E-state index in [4.69, 9.17) is 23.9 Å². The summed E-state index contributed by atoms with van der Waals surface area (Å²) < 4.78 is 80.6. The van der Waals surface area contributed by atoms with Crippen molar-refractivity contribution in [2.24, 2.45) is 0 Å². The topological polar surface area (TPSA) is 57.2 Å². The van der Waals surface area contributed by atoms with Gasteiger partial charge in [0, 0.05) is 38.9 Å². The Hall–Kier alpha value is -8.18. The van der Waals surface area contributed by atoms with E-state index in [2.05, 4.69) is 60.7 Å². The van der Waals surface area contributed by atoms with Crippen LogP contribution >= 0.6 is 45.2 Å². The third-order valence-corrected chi connectivity index (χ3v) is 15.0. The minimum atomic E-state index is -0.959. The van der Waals surface area contributed by atoms with E-state index >= 15 is 8.78 Å². The highest BCUT2D eigenvalue weighted by molar-refractivity contribution is 14.1. The molecular formula is C70H54BF4I2O5. The number of benzene rings is 11. The highest BCUT2D eigenvalue weighted by Crippen LogP contribution is 2.46. The normalized spacial score (nSPS) is 10.5. The number of para-hydroxylation sites is 3. The second-order valence-corrected chi connectivity index (χ2v) is 20.4. The lowest BCUT2D eigenvalue weighted by Gasteiger charge is -2.18. The van der Waals surface area contributed by atoms with Crippen LogP contribution in [0.4, 0.5) is 17.6 Å². The predicted molar refractivity (Wildman–Crippen MR) is 343 cm³/mol. The van der Waals surface area contributed by atoms with Crippen LogP contribution in [-0.4, -0.2) is 34.0 Å². The van der Waals surface area contributed by atoms with Crippen LogP contribution in [0.1, 0.15) is 7.43 Å². The zero-order valence-electron chi connectivity index (χ0n) is 44.0. The molecule has 0 amide bonds. The maximum atomic E-state index is 16.2. The molecule has 0 fully saturated rings. The first-order chi connectivity index (χ1) is 39.5. The third kappa shape index (κ3) is 13.6. The monoisotopic (exact) mass is 1320 g/mol. The minimum absolute atomic E-state index is 0. The summed E-state index contributed by atoms with van der Waals surface area (Å²) in [4.78, 5) is 0. The van der Waals surface area contributed by atoms with Gasteiger partial charge in [0.2, 0.25) is 0 Å². The molecule has 0 unspecified atom stereocenters. The molecule has 0 aromatic heterocycles. The first kappa shape index (κ1) is 59.9. The van der Waals surface area contributed by atoms with Gasteiger partial charge in [0.05, 0.1) is 28.5 Å². The molecule has 409 valence electrons. The van der Waals surface area contributed by atoms with Crippen molar-refractivity contribution in [1.82, 2.24) is 0 Å². The number of rotatable bonds is 13. The van der Waals surface area contributed by atoms with Gasteiger partial charge in [-0.25, -0.2) is 17.6 Å². The van der Waals surface area contributed by atoms with Gasteiger partial charge in [0.25, 0.3) is 0 Å². The van der Waals surface area contributed by atoms with E-state index in [0.29, 0.717) is 49.0 Å². The highest BCUT2D eigenvalue weighted by atomic mass is 127. The van der Waals surface area contributed by atoms with Gasteiger partial charge < -0.3 is 23.9 Å². The Morgan fingerprint density at radius 3 is 0.939 bits per heavy atom. The van der Waals surface area contributed by atoms with Crippen LogP contribution < -0.4 is 18.9 Å². The van der Waals surface area contributed by atoms with E-state index in [0.717, 1.165) is 66.8 Å². The van der Waals surface area contributed by atoms with Crippen LogP contribution in [0.25, 0.3) is 89.0 Å². The van der Waals surface area contributed by atoms with Crippen LogP contribution in [0.15, 0.2) is 243 Å². The fourth-order valence-electron chi connectivity index (χ4n) is 9.45. The summed E-state index contributed by atoms with van der Waals surface area (Å²) in [7, 11) is 5.34. The Morgan fingerprint density at radius 2 is 0.598 bits per heavy atom. The molecular weight excluding hydrogens is 1260 g/mol. The lowest BCUT2D eigenvalue weighted by molar-refractivity contribution is 0.383. The number of ether oxygens (including phenoxy) is 3. The first-order valence-corrected chi connectivity index (χ1v) is 27.6. The van der Waals surface area contributed by atoms with Gasteiger partial charge in [-0.05, 0) is 132 Å². The minimum Gasteiger partial charge on any atom is -0.535 e. The molecule has 0 spiro atoms. The van der Waals surface area contributed by atoms with Crippen LogP contribution in [0.2, 0.25) is 0 Å². The van der Waals surface area contributed by atoms with Crippen molar-refractivity contribution in [3.8, 4) is 112 Å². The second-order valence-electron chi connectivity index (χ2n) is 18.1. The van der Waals surface area contributed by atoms with Gasteiger partial charge in [-0.3, -0.25) is 0 Å². The summed E-state index contributed by atoms with van der Waals surface area (Å²) in [6.07, 6.45) is 0. The Labute approximate surface area is 504 Å². The molecule has 5 nitrogen and oxygen atoms in total. The Bertz CT molecular complexity index is 3760. The highest BCUT2D eigenvalue weighted by Gasteiger charge is 2.24. The summed E-state index contributed by atoms with van der Waals surface area (Å²) in [6, 6.07) is 77.7. The number of halogens is 6. The Kier molecular flexibility index (Phi) is 20.8. The molecule has 11 rings (SSSR count). The molecule has 11 aromatic carbocycles. The van der Waals surface area contributed by atoms with Gasteiger partial charge >= 0.3 is 7.69 Å². The van der Waals surface area contributed by atoms with Crippen LogP contribution in [0.3, 0.4) is 0 Å². The lowest BCUT2D eigenvalue weighted by atomic mass is 9.92. The molecule has 0 aliphatic heterocycles. The molecule has 1 radical (unpaired) electrons. The predicted octanol–water partition coefficient (Wildman–Crippen LogP) is 19.7. The molecule has 0 saturated heterocycles. The smallest absolute Gasteiger partial charge is 0.535 e. The fraction of sp³-hybridized carbons (Fsp3) is 0.0571. The van der Waals surface area contributed by atoms with E-state index in [1.54, 1.807) is 109 Å². The van der Waals surface area contributed by atoms with Crippen molar-refractivity contribution < 1.29 is 41.5 Å². The summed E-state index contributed by atoms with van der Waals surface area (Å²) in [6.45, 7) is 0. The van der Waals surface area contributed by atoms with Gasteiger partial charge in [0.15, 0.2) is 29.0 Å². The van der Waals surface area contributed by atoms with Gasteiger partial charge in [-0.15, -0.1) is 0 Å². The van der Waals surface area contributed by atoms with Crippen LogP contribution in [0, 0.1) is 30.4 Å². The average molecular weight is 1320 g/mol. The Morgan fingerprint density at radius 1 is 0.305 bits per heavy atom. The maximum Gasteiger partial charge on any atom is 0.569 e. The molecule has 0 saturated carbocycles. The molecule has 0 atom stereocenters. The van der Waals surface area contributed by atoms with Crippen molar-refractivity contribution in [1.29, 1.82) is 0 Å². The zero-order valence-corrected chi connectivity index (χ0v) is 48.3. The maximum absolute atomic E-state index is 16.2. The number of hydrogen-bond donors (Lipinski definition) is 1. The van der Waals surface area contributed by atoms with E-state index in [-0.39, 0.29) is 18.6 Å². The fourth-order valence-corrected chi connectivity index (χ4v) is 10.3. The second kappa shape index (κ2) is 28.5. The number of hydrogen-bond acceptors (Lipinski definition) is 5. The SMILES string of the molecule is C.COc1c(-c2cccc(-c3ccccc3)c2)cccc1-c1ccc(-c2cccc(-c3cccc(-c4ccccc4)c3)c2OC)c(F)c1F.COc1c(O[B]O)cccc1-c1cccc(-c2ccccc2)c1.Fc1c(I)ccc(I)c1F. The van der Waals surface area contributed by atoms with E-state index in [1.165, 1.54) is 0 Å². The Balaban J connectivity index is 0.000000213. The van der Waals surface area contributed by atoms with E-state index < -0.39 is 23.3 Å². The number of methoxy groups -OCH3 is 3. The standard InChI is InChI=1S/C44H32F2O2.C19H16BO3.C6H2F2I2.CH4/c1-47-43-35(33-19-9-17-31(27-33)29-13-5-3-6-14-29)21-11-23-39(43)37-25-26-38(42(46)41(37)45)40-24-12-22-36(44(40)48-2)34-20-10-18-32(28-34)30-15-7-4-8-16-30;1-22-19-17(11-6-12-18(19)23-20-21)16-10-5-9-15(13-16)14-7-3-2-4-8-14;7-5-3(9)1-2-4(10)6(5)8;/h3-28H,1-2H3;2-13,21H,1H3;1-2H;1H4. The quantitative estimate of drug-likeness (QED) is 0.0410. The van der Waals surface area contributed by atoms with E-state index in [9.17, 15) is 8.78 Å². The summed E-state index contributed by atoms with van der Waals surface area (Å²) >= 11 is 3.50. The summed E-state index contributed by atoms with van der Waals surface area (Å²) in [5.41, 5.74) is 13.0. The molecule has 0 aliphatic carbocycles. The van der Waals surface area contributed by atoms with Crippen molar-refractivity contribution in [2.45, 2.75) is 7.43 Å². The molecule has 0 aliphatic rings. The lowest BCUT2D eigenvalue weighted by Crippen LogP contribution is -2.02. The molecule has 12 heteroatoms. The largest absolute Gasteiger partial charge is 0.569 e. The van der Waals surface area contributed by atoms with Gasteiger partial charge in [0.1, 0.15) is 17.2 Å². The van der Waals surface area contributed by atoms with Crippen LogP contribution in [-0.2, 0) is 0 Å². The summed E-state index contributed by atoms with van der Waals surface area (Å²) in [5.74, 6) is -1.45. The molecule has 82 heavy (non-hydrogen) atoms. The van der Waals surface area contributed by atoms with Crippen molar-refractivity contribution in [3.63, 3.8) is 0 Å². The molecule has 1 N–H and O–H groups in total. The van der Waals surface area contributed by atoms with Gasteiger partial charge in [-0.1, -0.05) is 214 Å². The van der Waals surface area contributed by atoms with Crippen LogP contribution in [0.5, 0.6) is 23.0 Å². The van der Waals surface area contributed by atoms with Crippen molar-refractivity contribution in [3.05, 3.63) is 273 Å². The van der Waals surface area contributed by atoms with Crippen molar-refractivity contribution in [2.75, 3.05) is 21.3 Å². The zero-order chi connectivity index (χ0) is 56.8. The molecule has 11 aromatic rings. The summed E-state index contributed by atoms with van der Waals surface area (Å²) in [5, 5.41) is 8.89. The van der Waals surface area contributed by atoms with Crippen molar-refractivity contribution >= 4 is 52.9 Å². The first-order valence-electron chi connectivity index (χ1n) is 25.4. The third-order valence-electron chi connectivity index (χ3n) is 13.3. The molecule has 0 bridgehead atoms. The van der Waals surface area contributed by atoms with Gasteiger partial charge in [-0.2, -0.15) is 0 Å².